The fraction of sp³-hybridized carbons (Fsp3) is 0.133. The Labute approximate surface area is 130 Å². The van der Waals surface area contributed by atoms with Gasteiger partial charge >= 0.3 is 0 Å². The van der Waals surface area contributed by atoms with Crippen LogP contribution in [0.25, 0.3) is 10.2 Å². The molecule has 0 fully saturated rings. The van der Waals surface area contributed by atoms with E-state index in [2.05, 4.69) is 29.2 Å². The van der Waals surface area contributed by atoms with Crippen molar-refractivity contribution in [2.45, 2.75) is 9.24 Å². The molecule has 0 aliphatic carbocycles. The summed E-state index contributed by atoms with van der Waals surface area (Å²) in [6.07, 6.45) is 0. The summed E-state index contributed by atoms with van der Waals surface area (Å²) < 4.78 is 2.29. The monoisotopic (exact) mass is 318 g/mol. The Bertz CT molecular complexity index is 695. The molecule has 0 aliphatic rings. The van der Waals surface area contributed by atoms with Gasteiger partial charge in [0.15, 0.2) is 4.34 Å². The van der Waals surface area contributed by atoms with Crippen molar-refractivity contribution in [1.29, 1.82) is 0 Å². The second-order valence-corrected chi connectivity index (χ2v) is 7.76. The maximum atomic E-state index is 5.79. The molecule has 3 aromatic rings. The lowest BCUT2D eigenvalue weighted by molar-refractivity contribution is 1.30. The Balaban J connectivity index is 1.55. The molecule has 0 radical (unpaired) electrons. The van der Waals surface area contributed by atoms with Gasteiger partial charge in [0.1, 0.15) is 0 Å². The smallest absolute Gasteiger partial charge is 0.151 e. The van der Waals surface area contributed by atoms with E-state index in [1.54, 1.807) is 11.3 Å². The van der Waals surface area contributed by atoms with Gasteiger partial charge in [0, 0.05) is 22.1 Å². The summed E-state index contributed by atoms with van der Waals surface area (Å²) in [5.41, 5.74) is 7.63. The van der Waals surface area contributed by atoms with Gasteiger partial charge in [-0.05, 0) is 30.3 Å². The lowest BCUT2D eigenvalue weighted by Gasteiger charge is -1.99. The van der Waals surface area contributed by atoms with E-state index in [9.17, 15) is 0 Å². The first-order valence-corrected chi connectivity index (χ1v) is 9.07. The van der Waals surface area contributed by atoms with Crippen LogP contribution in [-0.4, -0.2) is 16.5 Å². The van der Waals surface area contributed by atoms with Crippen molar-refractivity contribution >= 4 is 50.8 Å². The molecule has 0 amide bonds. The predicted molar refractivity (Wildman–Crippen MR) is 91.9 cm³/mol. The van der Waals surface area contributed by atoms with E-state index in [4.69, 9.17) is 5.73 Å². The fourth-order valence-corrected chi connectivity index (χ4v) is 4.88. The van der Waals surface area contributed by atoms with Gasteiger partial charge in [-0.1, -0.05) is 30.0 Å². The molecule has 0 aliphatic heterocycles. The first-order chi connectivity index (χ1) is 9.81. The van der Waals surface area contributed by atoms with Crippen LogP contribution in [0.4, 0.5) is 5.69 Å². The molecule has 20 heavy (non-hydrogen) atoms. The summed E-state index contributed by atoms with van der Waals surface area (Å²) in [4.78, 5) is 5.94. The van der Waals surface area contributed by atoms with Crippen LogP contribution in [0.5, 0.6) is 0 Å². The lowest BCUT2D eigenvalue weighted by Crippen LogP contribution is -1.83. The van der Waals surface area contributed by atoms with Crippen molar-refractivity contribution in [2.24, 2.45) is 0 Å². The zero-order valence-electron chi connectivity index (χ0n) is 10.8. The SMILES string of the molecule is Nc1ccc2nc(SCCSc3ccccc3)sc2c1. The first kappa shape index (κ1) is 13.8. The zero-order valence-corrected chi connectivity index (χ0v) is 13.2. The number of hydrogen-bond donors (Lipinski definition) is 1. The van der Waals surface area contributed by atoms with Crippen molar-refractivity contribution in [1.82, 2.24) is 4.98 Å². The number of fused-ring (bicyclic) bond motifs is 1. The van der Waals surface area contributed by atoms with Gasteiger partial charge in [-0.3, -0.25) is 0 Å². The van der Waals surface area contributed by atoms with E-state index in [1.165, 1.54) is 9.60 Å². The average molecular weight is 318 g/mol. The van der Waals surface area contributed by atoms with Crippen LogP contribution < -0.4 is 5.73 Å². The Morgan fingerprint density at radius 3 is 2.65 bits per heavy atom. The van der Waals surface area contributed by atoms with Crippen molar-refractivity contribution in [2.75, 3.05) is 17.2 Å². The highest BCUT2D eigenvalue weighted by molar-refractivity contribution is 8.03. The van der Waals surface area contributed by atoms with Crippen molar-refractivity contribution in [3.05, 3.63) is 48.5 Å². The Morgan fingerprint density at radius 1 is 1.00 bits per heavy atom. The quantitative estimate of drug-likeness (QED) is 0.418. The second-order valence-electron chi connectivity index (χ2n) is 4.22. The molecule has 102 valence electrons. The number of nitrogen functional groups attached to an aromatic ring is 1. The van der Waals surface area contributed by atoms with Gasteiger partial charge in [0.25, 0.3) is 0 Å². The lowest BCUT2D eigenvalue weighted by atomic mass is 10.3. The largest absolute Gasteiger partial charge is 0.399 e. The molecule has 0 saturated heterocycles. The molecule has 0 unspecified atom stereocenters. The van der Waals surface area contributed by atoms with Crippen molar-refractivity contribution in [3.8, 4) is 0 Å². The fourth-order valence-electron chi connectivity index (χ4n) is 1.79. The number of hydrogen-bond acceptors (Lipinski definition) is 5. The Morgan fingerprint density at radius 2 is 1.80 bits per heavy atom. The number of aromatic nitrogens is 1. The van der Waals surface area contributed by atoms with Gasteiger partial charge in [-0.2, -0.15) is 0 Å². The summed E-state index contributed by atoms with van der Waals surface area (Å²) in [7, 11) is 0. The maximum Gasteiger partial charge on any atom is 0.151 e. The number of nitrogens with two attached hydrogens (primary N) is 1. The van der Waals surface area contributed by atoms with E-state index in [0.29, 0.717) is 0 Å². The molecular formula is C15H14N2S3. The van der Waals surface area contributed by atoms with Gasteiger partial charge in [0.2, 0.25) is 0 Å². The minimum atomic E-state index is 0.803. The van der Waals surface area contributed by atoms with E-state index in [1.807, 2.05) is 47.8 Å². The number of thioether (sulfide) groups is 2. The molecule has 0 atom stereocenters. The number of anilines is 1. The van der Waals surface area contributed by atoms with E-state index in [-0.39, 0.29) is 0 Å². The standard InChI is InChI=1S/C15H14N2S3/c16-11-6-7-13-14(10-11)20-15(17-13)19-9-8-18-12-4-2-1-3-5-12/h1-7,10H,8-9,16H2. The van der Waals surface area contributed by atoms with Crippen LogP contribution in [-0.2, 0) is 0 Å². The summed E-state index contributed by atoms with van der Waals surface area (Å²) in [5.74, 6) is 2.15. The minimum absolute atomic E-state index is 0.803. The highest BCUT2D eigenvalue weighted by Gasteiger charge is 2.04. The van der Waals surface area contributed by atoms with Gasteiger partial charge in [0.05, 0.1) is 10.2 Å². The number of thiazole rings is 1. The zero-order chi connectivity index (χ0) is 13.8. The van der Waals surface area contributed by atoms with Crippen LogP contribution in [0.1, 0.15) is 0 Å². The highest BCUT2D eigenvalue weighted by Crippen LogP contribution is 2.31. The third-order valence-corrected chi connectivity index (χ3v) is 6.15. The number of rotatable bonds is 5. The number of benzene rings is 2. The average Bonchev–Trinajstić information content (AvgIpc) is 2.86. The highest BCUT2D eigenvalue weighted by atomic mass is 32.2. The minimum Gasteiger partial charge on any atom is -0.399 e. The molecule has 2 N–H and O–H groups in total. The second kappa shape index (κ2) is 6.52. The van der Waals surface area contributed by atoms with E-state index >= 15 is 0 Å². The predicted octanol–water partition coefficient (Wildman–Crippen LogP) is 4.76. The van der Waals surface area contributed by atoms with E-state index in [0.717, 1.165) is 27.0 Å². The molecule has 0 bridgehead atoms. The Kier molecular flexibility index (Phi) is 4.50. The molecule has 0 spiro atoms. The van der Waals surface area contributed by atoms with Crippen LogP contribution in [0.2, 0.25) is 0 Å². The summed E-state index contributed by atoms with van der Waals surface area (Å²) >= 11 is 5.42. The molecular weight excluding hydrogens is 304 g/mol. The molecule has 2 nitrogen and oxygen atoms in total. The third kappa shape index (κ3) is 3.48. The topological polar surface area (TPSA) is 38.9 Å². The van der Waals surface area contributed by atoms with Crippen LogP contribution in [0.15, 0.2) is 57.8 Å². The van der Waals surface area contributed by atoms with Crippen LogP contribution in [0.3, 0.4) is 0 Å². The van der Waals surface area contributed by atoms with Crippen LogP contribution in [0, 0.1) is 0 Å². The number of nitrogens with zero attached hydrogens (tertiary/aromatic N) is 1. The van der Waals surface area contributed by atoms with Gasteiger partial charge in [-0.25, -0.2) is 4.98 Å². The van der Waals surface area contributed by atoms with Gasteiger partial charge in [-0.15, -0.1) is 23.1 Å². The molecule has 5 heteroatoms. The summed E-state index contributed by atoms with van der Waals surface area (Å²) in [5, 5.41) is 0. The van der Waals surface area contributed by atoms with Crippen LogP contribution >= 0.6 is 34.9 Å². The summed E-state index contributed by atoms with van der Waals surface area (Å²) in [6.45, 7) is 0. The third-order valence-electron chi connectivity index (χ3n) is 2.71. The normalized spacial score (nSPS) is 11.0. The van der Waals surface area contributed by atoms with Crippen molar-refractivity contribution in [3.63, 3.8) is 0 Å². The molecule has 0 saturated carbocycles. The maximum absolute atomic E-state index is 5.79. The molecule has 2 aromatic carbocycles. The van der Waals surface area contributed by atoms with E-state index < -0.39 is 0 Å². The van der Waals surface area contributed by atoms with Crippen molar-refractivity contribution < 1.29 is 0 Å². The molecule has 1 aromatic heterocycles. The first-order valence-electron chi connectivity index (χ1n) is 6.28. The summed E-state index contributed by atoms with van der Waals surface area (Å²) in [6, 6.07) is 16.4. The van der Waals surface area contributed by atoms with Gasteiger partial charge < -0.3 is 5.73 Å². The molecule has 3 rings (SSSR count). The Hall–Kier alpha value is -1.17. The molecule has 1 heterocycles.